The Balaban J connectivity index is 1.99. The van der Waals surface area contributed by atoms with E-state index in [0.717, 1.165) is 25.8 Å². The van der Waals surface area contributed by atoms with Gasteiger partial charge in [0.25, 0.3) is 0 Å². The van der Waals surface area contributed by atoms with Crippen molar-refractivity contribution in [3.8, 4) is 0 Å². The smallest absolute Gasteiger partial charge is 0.305 e. The van der Waals surface area contributed by atoms with E-state index in [9.17, 15) is 9.59 Å². The van der Waals surface area contributed by atoms with Crippen molar-refractivity contribution in [2.24, 2.45) is 5.41 Å². The van der Waals surface area contributed by atoms with Crippen LogP contribution in [0.1, 0.15) is 32.6 Å². The molecule has 0 spiro atoms. The monoisotopic (exact) mass is 240 g/mol. The normalized spacial score (nSPS) is 28.1. The van der Waals surface area contributed by atoms with Crippen molar-refractivity contribution >= 4 is 11.9 Å². The van der Waals surface area contributed by atoms with Crippen LogP contribution in [0.4, 0.5) is 0 Å². The van der Waals surface area contributed by atoms with E-state index in [1.165, 1.54) is 0 Å². The first-order chi connectivity index (χ1) is 8.03. The van der Waals surface area contributed by atoms with Gasteiger partial charge in [0.05, 0.1) is 11.8 Å². The molecule has 1 aliphatic heterocycles. The van der Waals surface area contributed by atoms with Gasteiger partial charge in [-0.15, -0.1) is 0 Å². The summed E-state index contributed by atoms with van der Waals surface area (Å²) in [6.45, 7) is 3.92. The number of amides is 1. The summed E-state index contributed by atoms with van der Waals surface area (Å²) in [6.07, 6.45) is 2.94. The van der Waals surface area contributed by atoms with Gasteiger partial charge in [-0.25, -0.2) is 0 Å². The van der Waals surface area contributed by atoms with Crippen LogP contribution in [0.15, 0.2) is 0 Å². The number of aliphatic carboxylic acids is 1. The molecule has 0 bridgehead atoms. The van der Waals surface area contributed by atoms with Gasteiger partial charge in [-0.05, 0) is 32.7 Å². The number of hydrogen-bond acceptors (Lipinski definition) is 3. The Morgan fingerprint density at radius 1 is 1.47 bits per heavy atom. The number of carbonyl (C=O) groups excluding carboxylic acids is 1. The number of carboxylic acids is 1. The number of carbonyl (C=O) groups is 2. The molecule has 0 aromatic heterocycles. The molecule has 1 saturated carbocycles. The standard InChI is InChI=1S/C12H20N2O3/c1-12(5-6-13-8-12)11(17)14(9-2-3-9)7-4-10(15)16/h9,13H,2-8H2,1H3,(H,15,16). The second-order valence-corrected chi connectivity index (χ2v) is 5.36. The molecule has 2 fully saturated rings. The fraction of sp³-hybridized carbons (Fsp3) is 0.833. The maximum atomic E-state index is 12.5. The average molecular weight is 240 g/mol. The van der Waals surface area contributed by atoms with E-state index in [1.54, 1.807) is 4.90 Å². The lowest BCUT2D eigenvalue weighted by Gasteiger charge is -2.31. The third-order valence-electron chi connectivity index (χ3n) is 3.70. The van der Waals surface area contributed by atoms with Crippen LogP contribution in [0.5, 0.6) is 0 Å². The quantitative estimate of drug-likeness (QED) is 0.732. The van der Waals surface area contributed by atoms with E-state index >= 15 is 0 Å². The van der Waals surface area contributed by atoms with Gasteiger partial charge in [0.1, 0.15) is 0 Å². The highest BCUT2D eigenvalue weighted by molar-refractivity contribution is 5.84. The van der Waals surface area contributed by atoms with Crippen molar-refractivity contribution < 1.29 is 14.7 Å². The van der Waals surface area contributed by atoms with Gasteiger partial charge in [0.2, 0.25) is 5.91 Å². The molecule has 1 atom stereocenters. The van der Waals surface area contributed by atoms with Gasteiger partial charge in [-0.3, -0.25) is 9.59 Å². The molecule has 5 heteroatoms. The van der Waals surface area contributed by atoms with Crippen LogP contribution < -0.4 is 5.32 Å². The van der Waals surface area contributed by atoms with Crippen LogP contribution in [0.25, 0.3) is 0 Å². The molecule has 2 N–H and O–H groups in total. The molecule has 0 aromatic carbocycles. The van der Waals surface area contributed by atoms with E-state index in [1.807, 2.05) is 6.92 Å². The minimum atomic E-state index is -0.835. The molecule has 2 rings (SSSR count). The second kappa shape index (κ2) is 4.64. The molecule has 1 unspecified atom stereocenters. The Labute approximate surface area is 101 Å². The molecule has 5 nitrogen and oxygen atoms in total. The fourth-order valence-corrected chi connectivity index (χ4v) is 2.40. The zero-order valence-electron chi connectivity index (χ0n) is 10.2. The van der Waals surface area contributed by atoms with Crippen LogP contribution in [0.2, 0.25) is 0 Å². The molecule has 1 heterocycles. The van der Waals surface area contributed by atoms with Gasteiger partial charge < -0.3 is 15.3 Å². The minimum absolute atomic E-state index is 0.0474. The Morgan fingerprint density at radius 2 is 2.18 bits per heavy atom. The molecule has 1 aliphatic carbocycles. The van der Waals surface area contributed by atoms with E-state index in [2.05, 4.69) is 5.32 Å². The highest BCUT2D eigenvalue weighted by Crippen LogP contribution is 2.34. The number of hydrogen-bond donors (Lipinski definition) is 2. The van der Waals surface area contributed by atoms with Crippen LogP contribution >= 0.6 is 0 Å². The molecular weight excluding hydrogens is 220 g/mol. The largest absolute Gasteiger partial charge is 0.481 e. The zero-order valence-corrected chi connectivity index (χ0v) is 10.2. The topological polar surface area (TPSA) is 69.6 Å². The first-order valence-corrected chi connectivity index (χ1v) is 6.26. The first-order valence-electron chi connectivity index (χ1n) is 6.26. The van der Waals surface area contributed by atoms with Gasteiger partial charge in [0.15, 0.2) is 0 Å². The van der Waals surface area contributed by atoms with Crippen molar-refractivity contribution in [1.82, 2.24) is 10.2 Å². The summed E-state index contributed by atoms with van der Waals surface area (Å²) in [7, 11) is 0. The van der Waals surface area contributed by atoms with Crippen LogP contribution in [0, 0.1) is 5.41 Å². The summed E-state index contributed by atoms with van der Waals surface area (Å²) in [5.41, 5.74) is -0.332. The molecule has 2 aliphatic rings. The molecule has 96 valence electrons. The fourth-order valence-electron chi connectivity index (χ4n) is 2.40. The predicted octanol–water partition coefficient (Wildman–Crippen LogP) is 0.452. The lowest BCUT2D eigenvalue weighted by atomic mass is 9.88. The Bertz CT molecular complexity index is 320. The molecule has 0 aromatic rings. The first kappa shape index (κ1) is 12.4. The van der Waals surface area contributed by atoms with Crippen LogP contribution in [-0.4, -0.2) is 47.6 Å². The average Bonchev–Trinajstić information content (AvgIpc) is 3.01. The van der Waals surface area contributed by atoms with Crippen LogP contribution in [-0.2, 0) is 9.59 Å². The van der Waals surface area contributed by atoms with Crippen molar-refractivity contribution in [3.63, 3.8) is 0 Å². The number of rotatable bonds is 5. The molecule has 1 saturated heterocycles. The summed E-state index contributed by atoms with van der Waals surface area (Å²) in [6, 6.07) is 0.291. The van der Waals surface area contributed by atoms with Gasteiger partial charge >= 0.3 is 5.97 Å². The van der Waals surface area contributed by atoms with Gasteiger partial charge in [-0.2, -0.15) is 0 Å². The molecule has 1 amide bonds. The van der Waals surface area contributed by atoms with E-state index in [0.29, 0.717) is 19.1 Å². The van der Waals surface area contributed by atoms with Crippen molar-refractivity contribution in [2.45, 2.75) is 38.6 Å². The summed E-state index contributed by atoms with van der Waals surface area (Å²) in [5.74, 6) is -0.704. The number of carboxylic acid groups (broad SMARTS) is 1. The second-order valence-electron chi connectivity index (χ2n) is 5.36. The summed E-state index contributed by atoms with van der Waals surface area (Å²) < 4.78 is 0. The van der Waals surface area contributed by atoms with Crippen LogP contribution in [0.3, 0.4) is 0 Å². The van der Waals surface area contributed by atoms with Gasteiger partial charge in [-0.1, -0.05) is 0 Å². The third-order valence-corrected chi connectivity index (χ3v) is 3.70. The van der Waals surface area contributed by atoms with Crippen molar-refractivity contribution in [1.29, 1.82) is 0 Å². The summed E-state index contributed by atoms with van der Waals surface area (Å²) >= 11 is 0. The maximum Gasteiger partial charge on any atom is 0.305 e. The lowest BCUT2D eigenvalue weighted by Crippen LogP contribution is -2.45. The van der Waals surface area contributed by atoms with E-state index < -0.39 is 5.97 Å². The van der Waals surface area contributed by atoms with Crippen molar-refractivity contribution in [2.75, 3.05) is 19.6 Å². The highest BCUT2D eigenvalue weighted by Gasteiger charge is 2.43. The van der Waals surface area contributed by atoms with E-state index in [4.69, 9.17) is 5.11 Å². The maximum absolute atomic E-state index is 12.5. The highest BCUT2D eigenvalue weighted by atomic mass is 16.4. The summed E-state index contributed by atoms with van der Waals surface area (Å²) in [4.78, 5) is 24.9. The third kappa shape index (κ3) is 2.77. The van der Waals surface area contributed by atoms with Gasteiger partial charge in [0, 0.05) is 19.1 Å². The lowest BCUT2D eigenvalue weighted by molar-refractivity contribution is -0.143. The predicted molar refractivity (Wildman–Crippen MR) is 62.6 cm³/mol. The minimum Gasteiger partial charge on any atom is -0.481 e. The number of nitrogens with one attached hydrogen (secondary N) is 1. The molecule has 0 radical (unpaired) electrons. The Morgan fingerprint density at radius 3 is 2.65 bits per heavy atom. The number of nitrogens with zero attached hydrogens (tertiary/aromatic N) is 1. The zero-order chi connectivity index (χ0) is 12.5. The van der Waals surface area contributed by atoms with E-state index in [-0.39, 0.29) is 17.7 Å². The Hall–Kier alpha value is -1.10. The Kier molecular flexibility index (Phi) is 3.38. The van der Waals surface area contributed by atoms with Crippen molar-refractivity contribution in [3.05, 3.63) is 0 Å². The molecule has 17 heavy (non-hydrogen) atoms. The SMILES string of the molecule is CC1(C(=O)N(CCC(=O)O)C2CC2)CCNC1. The molecular formula is C12H20N2O3. The summed E-state index contributed by atoms with van der Waals surface area (Å²) in [5, 5.41) is 11.9.